The number of non-ortho nitro benzene ring substituents is 1. The number of H-pyrrole nitrogens is 1. The molecule has 3 aromatic rings. The topological polar surface area (TPSA) is 123 Å². The summed E-state index contributed by atoms with van der Waals surface area (Å²) in [6.07, 6.45) is 0. The molecule has 0 radical (unpaired) electrons. The number of amides is 1. The van der Waals surface area contributed by atoms with Crippen LogP contribution in [0.3, 0.4) is 0 Å². The molecular weight excluding hydrogens is 370 g/mol. The van der Waals surface area contributed by atoms with Crippen molar-refractivity contribution in [1.82, 2.24) is 15.2 Å². The molecule has 2 aromatic carbocycles. The first-order chi connectivity index (χ1) is 13.0. The highest BCUT2D eigenvalue weighted by atomic mass is 32.2. The number of carbonyl (C=O) groups excluding carboxylic acids is 1. The fourth-order valence-electron chi connectivity index (χ4n) is 2.21. The van der Waals surface area contributed by atoms with Gasteiger partial charge in [0.15, 0.2) is 5.82 Å². The van der Waals surface area contributed by atoms with E-state index in [4.69, 9.17) is 4.74 Å². The van der Waals surface area contributed by atoms with Gasteiger partial charge in [-0.2, -0.15) is 0 Å². The Hall–Kier alpha value is -3.40. The highest BCUT2D eigenvalue weighted by molar-refractivity contribution is 7.99. The summed E-state index contributed by atoms with van der Waals surface area (Å²) >= 11 is 1.16. The van der Waals surface area contributed by atoms with E-state index < -0.39 is 4.92 Å². The average molecular weight is 385 g/mol. The number of methoxy groups -OCH3 is 1. The highest BCUT2D eigenvalue weighted by Crippen LogP contribution is 2.22. The molecule has 0 atom stereocenters. The normalized spacial score (nSPS) is 10.4. The van der Waals surface area contributed by atoms with Crippen LogP contribution in [0.5, 0.6) is 5.75 Å². The number of hydrogen-bond donors (Lipinski definition) is 2. The largest absolute Gasteiger partial charge is 0.497 e. The van der Waals surface area contributed by atoms with Crippen molar-refractivity contribution in [1.29, 1.82) is 0 Å². The van der Waals surface area contributed by atoms with E-state index in [9.17, 15) is 14.9 Å². The Morgan fingerprint density at radius 1 is 1.30 bits per heavy atom. The van der Waals surface area contributed by atoms with Crippen LogP contribution in [0, 0.1) is 10.1 Å². The van der Waals surface area contributed by atoms with Crippen molar-refractivity contribution in [3.05, 3.63) is 58.6 Å². The molecule has 10 heteroatoms. The summed E-state index contributed by atoms with van der Waals surface area (Å²) in [5.41, 5.74) is 1.12. The second-order valence-corrected chi connectivity index (χ2v) is 6.28. The van der Waals surface area contributed by atoms with Crippen LogP contribution in [0.25, 0.3) is 11.4 Å². The minimum absolute atomic E-state index is 0.0720. The number of rotatable bonds is 7. The number of nitro groups is 1. The first-order valence-electron chi connectivity index (χ1n) is 7.79. The number of aromatic amines is 1. The Bertz CT molecular complexity index is 958. The van der Waals surface area contributed by atoms with Gasteiger partial charge >= 0.3 is 0 Å². The number of nitrogens with one attached hydrogen (secondary N) is 2. The zero-order valence-corrected chi connectivity index (χ0v) is 15.0. The second kappa shape index (κ2) is 8.32. The van der Waals surface area contributed by atoms with E-state index in [1.54, 1.807) is 13.2 Å². The standard InChI is InChI=1S/C17H15N5O4S/c1-26-14-7-5-11(6-8-14)16-19-17(21-20-16)27-10-15(23)18-12-3-2-4-13(9-12)22(24)25/h2-9H,10H2,1H3,(H,18,23)(H,19,20,21). The van der Waals surface area contributed by atoms with Crippen molar-refractivity contribution in [3.63, 3.8) is 0 Å². The Morgan fingerprint density at radius 2 is 2.07 bits per heavy atom. The lowest BCUT2D eigenvalue weighted by Crippen LogP contribution is -2.14. The molecule has 0 unspecified atom stereocenters. The molecule has 0 aliphatic heterocycles. The number of carbonyl (C=O) groups is 1. The van der Waals surface area contributed by atoms with Gasteiger partial charge in [-0.25, -0.2) is 4.98 Å². The van der Waals surface area contributed by atoms with Crippen molar-refractivity contribution in [2.24, 2.45) is 0 Å². The molecule has 0 aliphatic rings. The maximum atomic E-state index is 12.0. The second-order valence-electron chi connectivity index (χ2n) is 5.34. The fourth-order valence-corrected chi connectivity index (χ4v) is 2.81. The zero-order chi connectivity index (χ0) is 19.2. The number of benzene rings is 2. The number of hydrogen-bond acceptors (Lipinski definition) is 7. The Kier molecular flexibility index (Phi) is 5.67. The molecule has 9 nitrogen and oxygen atoms in total. The lowest BCUT2D eigenvalue weighted by Gasteiger charge is -2.03. The van der Waals surface area contributed by atoms with Gasteiger partial charge in [0.2, 0.25) is 11.1 Å². The smallest absolute Gasteiger partial charge is 0.271 e. The van der Waals surface area contributed by atoms with E-state index in [2.05, 4.69) is 20.5 Å². The summed E-state index contributed by atoms with van der Waals surface area (Å²) in [6, 6.07) is 13.1. The van der Waals surface area contributed by atoms with E-state index in [0.717, 1.165) is 23.1 Å². The van der Waals surface area contributed by atoms with E-state index in [0.29, 0.717) is 16.7 Å². The number of aromatic nitrogens is 3. The molecule has 0 saturated carbocycles. The lowest BCUT2D eigenvalue weighted by atomic mass is 10.2. The van der Waals surface area contributed by atoms with Crippen LogP contribution in [0.15, 0.2) is 53.7 Å². The molecular formula is C17H15N5O4S. The molecule has 0 saturated heterocycles. The maximum Gasteiger partial charge on any atom is 0.271 e. The van der Waals surface area contributed by atoms with Gasteiger partial charge in [-0.3, -0.25) is 20.0 Å². The van der Waals surface area contributed by atoms with Crippen molar-refractivity contribution < 1.29 is 14.5 Å². The van der Waals surface area contributed by atoms with Crippen LogP contribution in [-0.2, 0) is 4.79 Å². The van der Waals surface area contributed by atoms with E-state index >= 15 is 0 Å². The van der Waals surface area contributed by atoms with Gasteiger partial charge in [0.1, 0.15) is 5.75 Å². The minimum Gasteiger partial charge on any atom is -0.497 e. The predicted octanol–water partition coefficient (Wildman–Crippen LogP) is 3.12. The van der Waals surface area contributed by atoms with Gasteiger partial charge in [-0.1, -0.05) is 17.8 Å². The van der Waals surface area contributed by atoms with Crippen LogP contribution in [0.1, 0.15) is 0 Å². The molecule has 0 bridgehead atoms. The number of nitro benzene ring substituents is 1. The first kappa shape index (κ1) is 18.4. The number of ether oxygens (including phenoxy) is 1. The molecule has 138 valence electrons. The van der Waals surface area contributed by atoms with Crippen molar-refractivity contribution in [3.8, 4) is 17.1 Å². The maximum absolute atomic E-state index is 12.0. The summed E-state index contributed by atoms with van der Waals surface area (Å²) in [5.74, 6) is 1.09. The first-order valence-corrected chi connectivity index (χ1v) is 8.77. The van der Waals surface area contributed by atoms with Gasteiger partial charge in [0.05, 0.1) is 17.8 Å². The van der Waals surface area contributed by atoms with Crippen LogP contribution in [-0.4, -0.2) is 38.9 Å². The molecule has 2 N–H and O–H groups in total. The van der Waals surface area contributed by atoms with Crippen molar-refractivity contribution >= 4 is 29.0 Å². The Labute approximate surface area is 158 Å². The van der Waals surface area contributed by atoms with Crippen molar-refractivity contribution in [2.75, 3.05) is 18.2 Å². The third-order valence-corrected chi connectivity index (χ3v) is 4.35. The summed E-state index contributed by atoms with van der Waals surface area (Å²) in [7, 11) is 1.59. The average Bonchev–Trinajstić information content (AvgIpc) is 3.16. The number of anilines is 1. The van der Waals surface area contributed by atoms with Gasteiger partial charge < -0.3 is 10.1 Å². The SMILES string of the molecule is COc1ccc(-c2nc(SCC(=O)Nc3cccc([N+](=O)[O-])c3)n[nH]2)cc1. The molecule has 1 aromatic heterocycles. The fraction of sp³-hybridized carbons (Fsp3) is 0.118. The van der Waals surface area contributed by atoms with Crippen LogP contribution in [0.2, 0.25) is 0 Å². The van der Waals surface area contributed by atoms with E-state index in [-0.39, 0.29) is 17.3 Å². The molecule has 0 fully saturated rings. The third kappa shape index (κ3) is 4.82. The molecule has 0 spiro atoms. The van der Waals surface area contributed by atoms with Gasteiger partial charge in [0.25, 0.3) is 5.69 Å². The highest BCUT2D eigenvalue weighted by Gasteiger charge is 2.11. The Balaban J connectivity index is 1.57. The van der Waals surface area contributed by atoms with Gasteiger partial charge in [0, 0.05) is 23.4 Å². The molecule has 27 heavy (non-hydrogen) atoms. The molecule has 0 aliphatic carbocycles. The molecule has 1 heterocycles. The van der Waals surface area contributed by atoms with Crippen LogP contribution in [0.4, 0.5) is 11.4 Å². The van der Waals surface area contributed by atoms with Gasteiger partial charge in [-0.05, 0) is 30.3 Å². The summed E-state index contributed by atoms with van der Waals surface area (Å²) in [6.45, 7) is 0. The van der Waals surface area contributed by atoms with Crippen LogP contribution >= 0.6 is 11.8 Å². The van der Waals surface area contributed by atoms with Crippen molar-refractivity contribution in [2.45, 2.75) is 5.16 Å². The zero-order valence-electron chi connectivity index (χ0n) is 14.2. The summed E-state index contributed by atoms with van der Waals surface area (Å²) < 4.78 is 5.11. The minimum atomic E-state index is -0.515. The van der Waals surface area contributed by atoms with E-state index in [1.165, 1.54) is 18.2 Å². The Morgan fingerprint density at radius 3 is 2.78 bits per heavy atom. The van der Waals surface area contributed by atoms with Gasteiger partial charge in [-0.15, -0.1) is 5.10 Å². The summed E-state index contributed by atoms with van der Waals surface area (Å²) in [5, 5.41) is 20.7. The third-order valence-electron chi connectivity index (χ3n) is 3.50. The monoisotopic (exact) mass is 385 g/mol. The number of thioether (sulfide) groups is 1. The van der Waals surface area contributed by atoms with E-state index in [1.807, 2.05) is 24.3 Å². The molecule has 1 amide bonds. The lowest BCUT2D eigenvalue weighted by molar-refractivity contribution is -0.384. The predicted molar refractivity (Wildman–Crippen MR) is 101 cm³/mol. The summed E-state index contributed by atoms with van der Waals surface area (Å²) in [4.78, 5) is 26.6. The quantitative estimate of drug-likeness (QED) is 0.364. The number of nitrogens with zero attached hydrogens (tertiary/aromatic N) is 3. The molecule has 3 rings (SSSR count). The van der Waals surface area contributed by atoms with Crippen LogP contribution < -0.4 is 10.1 Å².